The highest BCUT2D eigenvalue weighted by Crippen LogP contribution is 2.09. The van der Waals surface area contributed by atoms with Crippen LogP contribution in [-0.4, -0.2) is 30.6 Å². The van der Waals surface area contributed by atoms with E-state index in [-0.39, 0.29) is 5.91 Å². The third-order valence-corrected chi connectivity index (χ3v) is 2.81. The van der Waals surface area contributed by atoms with Crippen molar-refractivity contribution < 1.29 is 9.63 Å². The summed E-state index contributed by atoms with van der Waals surface area (Å²) in [7, 11) is 0. The maximum atomic E-state index is 11.6. The number of aromatic nitrogens is 1. The van der Waals surface area contributed by atoms with Crippen LogP contribution in [0.1, 0.15) is 23.2 Å². The normalized spacial score (nSPS) is 19.9. The highest BCUT2D eigenvalue weighted by molar-refractivity contribution is 5.92. The number of piperidine rings is 1. The van der Waals surface area contributed by atoms with Crippen molar-refractivity contribution in [3.63, 3.8) is 0 Å². The van der Waals surface area contributed by atoms with Gasteiger partial charge in [-0.15, -0.1) is 0 Å². The number of carbonyl (C=O) groups excluding carboxylic acids is 1. The molecular weight excluding hydrogens is 218 g/mol. The topological polar surface area (TPSA) is 63.2 Å². The highest BCUT2D eigenvalue weighted by atomic mass is 16.6. The molecule has 0 radical (unpaired) electrons. The molecule has 1 atom stereocenters. The van der Waals surface area contributed by atoms with Crippen LogP contribution >= 0.6 is 0 Å². The van der Waals surface area contributed by atoms with Gasteiger partial charge in [-0.2, -0.15) is 0 Å². The third kappa shape index (κ3) is 3.80. The second kappa shape index (κ2) is 6.32. The zero-order valence-corrected chi connectivity index (χ0v) is 9.69. The Balaban J connectivity index is 1.69. The van der Waals surface area contributed by atoms with Gasteiger partial charge in [-0.3, -0.25) is 14.6 Å². The molecule has 17 heavy (non-hydrogen) atoms. The predicted octanol–water partition coefficient (Wildman–Crippen LogP) is 0.743. The molecule has 5 heteroatoms. The second-order valence-electron chi connectivity index (χ2n) is 4.20. The summed E-state index contributed by atoms with van der Waals surface area (Å²) in [5, 5.41) is 3.30. The highest BCUT2D eigenvalue weighted by Gasteiger charge is 2.13. The molecule has 1 amide bonds. The number of nitrogens with one attached hydrogen (secondary N) is 2. The summed E-state index contributed by atoms with van der Waals surface area (Å²) >= 11 is 0. The Morgan fingerprint density at radius 1 is 1.65 bits per heavy atom. The Kier molecular flexibility index (Phi) is 4.46. The van der Waals surface area contributed by atoms with E-state index in [1.54, 1.807) is 18.3 Å². The van der Waals surface area contributed by atoms with Crippen LogP contribution in [0.4, 0.5) is 0 Å². The van der Waals surface area contributed by atoms with Crippen molar-refractivity contribution in [1.82, 2.24) is 15.8 Å². The summed E-state index contributed by atoms with van der Waals surface area (Å²) in [5.74, 6) is 0.236. The zero-order chi connectivity index (χ0) is 11.9. The summed E-state index contributed by atoms with van der Waals surface area (Å²) in [6.45, 7) is 2.60. The number of rotatable bonds is 4. The van der Waals surface area contributed by atoms with Gasteiger partial charge in [0.25, 0.3) is 5.91 Å². The lowest BCUT2D eigenvalue weighted by molar-refractivity contribution is 0.0127. The maximum Gasteiger partial charge on any atom is 0.276 e. The van der Waals surface area contributed by atoms with E-state index >= 15 is 0 Å². The van der Waals surface area contributed by atoms with Crippen molar-refractivity contribution in [2.75, 3.05) is 19.7 Å². The third-order valence-electron chi connectivity index (χ3n) is 2.81. The van der Waals surface area contributed by atoms with E-state index in [4.69, 9.17) is 4.84 Å². The summed E-state index contributed by atoms with van der Waals surface area (Å²) in [6, 6.07) is 3.42. The quantitative estimate of drug-likeness (QED) is 0.756. The summed E-state index contributed by atoms with van der Waals surface area (Å²) < 4.78 is 0. The molecule has 0 bridgehead atoms. The molecule has 1 aromatic heterocycles. The van der Waals surface area contributed by atoms with Crippen molar-refractivity contribution in [3.8, 4) is 0 Å². The fourth-order valence-electron chi connectivity index (χ4n) is 1.85. The van der Waals surface area contributed by atoms with Gasteiger partial charge >= 0.3 is 0 Å². The van der Waals surface area contributed by atoms with Crippen molar-refractivity contribution >= 4 is 5.91 Å². The Labute approximate surface area is 101 Å². The van der Waals surface area contributed by atoms with E-state index in [0.717, 1.165) is 19.5 Å². The zero-order valence-electron chi connectivity index (χ0n) is 9.69. The molecule has 1 fully saturated rings. The molecule has 1 aliphatic heterocycles. The minimum Gasteiger partial charge on any atom is -0.316 e. The lowest BCUT2D eigenvalue weighted by atomic mass is 10.0. The molecule has 1 aliphatic rings. The number of hydrogen-bond acceptors (Lipinski definition) is 4. The first-order valence-corrected chi connectivity index (χ1v) is 5.89. The number of pyridine rings is 1. The molecule has 1 saturated heterocycles. The van der Waals surface area contributed by atoms with E-state index in [0.29, 0.717) is 18.1 Å². The van der Waals surface area contributed by atoms with Crippen LogP contribution in [0.2, 0.25) is 0 Å². The van der Waals surface area contributed by atoms with Crippen LogP contribution in [-0.2, 0) is 4.84 Å². The summed E-state index contributed by atoms with van der Waals surface area (Å²) in [5.41, 5.74) is 2.95. The smallest absolute Gasteiger partial charge is 0.276 e. The summed E-state index contributed by atoms with van der Waals surface area (Å²) in [4.78, 5) is 20.7. The molecule has 1 aromatic rings. The summed E-state index contributed by atoms with van der Waals surface area (Å²) in [6.07, 6.45) is 5.46. The maximum absolute atomic E-state index is 11.6. The molecule has 92 valence electrons. The molecule has 2 heterocycles. The lowest BCUT2D eigenvalue weighted by Crippen LogP contribution is -2.35. The Morgan fingerprint density at radius 3 is 3.29 bits per heavy atom. The van der Waals surface area contributed by atoms with Gasteiger partial charge in [0.15, 0.2) is 0 Å². The van der Waals surface area contributed by atoms with Crippen LogP contribution in [0.3, 0.4) is 0 Å². The average molecular weight is 235 g/mol. The molecule has 0 spiro atoms. The molecule has 0 saturated carbocycles. The van der Waals surface area contributed by atoms with Gasteiger partial charge in [-0.05, 0) is 37.4 Å². The van der Waals surface area contributed by atoms with Gasteiger partial charge in [0, 0.05) is 18.9 Å². The molecule has 2 rings (SSSR count). The fraction of sp³-hybridized carbons (Fsp3) is 0.500. The first kappa shape index (κ1) is 12.0. The van der Waals surface area contributed by atoms with Crippen LogP contribution in [0.5, 0.6) is 0 Å². The van der Waals surface area contributed by atoms with E-state index in [1.165, 1.54) is 12.6 Å². The molecule has 1 unspecified atom stereocenters. The molecule has 0 aromatic carbocycles. The monoisotopic (exact) mass is 235 g/mol. The van der Waals surface area contributed by atoms with Gasteiger partial charge in [0.1, 0.15) is 0 Å². The van der Waals surface area contributed by atoms with Gasteiger partial charge in [-0.25, -0.2) is 5.48 Å². The van der Waals surface area contributed by atoms with E-state index < -0.39 is 0 Å². The second-order valence-corrected chi connectivity index (χ2v) is 4.20. The lowest BCUT2D eigenvalue weighted by Gasteiger charge is -2.22. The Morgan fingerprint density at radius 2 is 2.59 bits per heavy atom. The van der Waals surface area contributed by atoms with Gasteiger partial charge in [-0.1, -0.05) is 0 Å². The fourth-order valence-corrected chi connectivity index (χ4v) is 1.85. The van der Waals surface area contributed by atoms with Crippen LogP contribution in [0, 0.1) is 5.92 Å². The standard InChI is InChI=1S/C12H17N3O2/c16-12(11-4-2-6-14-8-11)15-17-9-10-3-1-5-13-7-10/h2,4,6,8,10,13H,1,3,5,7,9H2,(H,15,16). The molecular formula is C12H17N3O2. The largest absolute Gasteiger partial charge is 0.316 e. The van der Waals surface area contributed by atoms with Crippen molar-refractivity contribution in [2.45, 2.75) is 12.8 Å². The predicted molar refractivity (Wildman–Crippen MR) is 63.2 cm³/mol. The van der Waals surface area contributed by atoms with Crippen molar-refractivity contribution in [2.24, 2.45) is 5.92 Å². The van der Waals surface area contributed by atoms with E-state index in [2.05, 4.69) is 15.8 Å². The van der Waals surface area contributed by atoms with Crippen LogP contribution in [0.15, 0.2) is 24.5 Å². The minimum atomic E-state index is -0.248. The Hall–Kier alpha value is -1.46. The molecule has 5 nitrogen and oxygen atoms in total. The van der Waals surface area contributed by atoms with E-state index in [1.807, 2.05) is 0 Å². The van der Waals surface area contributed by atoms with Crippen molar-refractivity contribution in [1.29, 1.82) is 0 Å². The van der Waals surface area contributed by atoms with Crippen LogP contribution in [0.25, 0.3) is 0 Å². The minimum absolute atomic E-state index is 0.248. The molecule has 2 N–H and O–H groups in total. The number of nitrogens with zero attached hydrogens (tertiary/aromatic N) is 1. The number of amides is 1. The number of carbonyl (C=O) groups is 1. The Bertz CT molecular complexity index is 350. The van der Waals surface area contributed by atoms with Gasteiger partial charge in [0.05, 0.1) is 12.2 Å². The van der Waals surface area contributed by atoms with Crippen molar-refractivity contribution in [3.05, 3.63) is 30.1 Å². The molecule has 0 aliphatic carbocycles. The van der Waals surface area contributed by atoms with E-state index in [9.17, 15) is 4.79 Å². The van der Waals surface area contributed by atoms with Gasteiger partial charge in [0.2, 0.25) is 0 Å². The van der Waals surface area contributed by atoms with Crippen LogP contribution < -0.4 is 10.8 Å². The van der Waals surface area contributed by atoms with Gasteiger partial charge < -0.3 is 5.32 Å². The first-order chi connectivity index (χ1) is 8.36. The number of hydrogen-bond donors (Lipinski definition) is 2. The average Bonchev–Trinajstić information content (AvgIpc) is 2.41. The SMILES string of the molecule is O=C(NOCC1CCCNC1)c1cccnc1. The first-order valence-electron chi connectivity index (χ1n) is 5.89. The number of hydroxylamine groups is 1.